The average Bonchev–Trinajstić information content (AvgIpc) is 2.94. The van der Waals surface area contributed by atoms with Crippen LogP contribution in [0.4, 0.5) is 5.13 Å². The highest BCUT2D eigenvalue weighted by Gasteiger charge is 2.21. The monoisotopic (exact) mass is 344 g/mol. The van der Waals surface area contributed by atoms with Gasteiger partial charge in [-0.1, -0.05) is 0 Å². The SMILES string of the molecule is CC(=O)Nc1ncc(CN2CCCC(Cc3ccnc(C)c3)C2)s1. The van der Waals surface area contributed by atoms with Gasteiger partial charge in [0.25, 0.3) is 0 Å². The van der Waals surface area contributed by atoms with Crippen molar-refractivity contribution in [3.63, 3.8) is 0 Å². The van der Waals surface area contributed by atoms with E-state index < -0.39 is 0 Å². The number of piperidine rings is 1. The number of likely N-dealkylation sites (tertiary alicyclic amines) is 1. The highest BCUT2D eigenvalue weighted by atomic mass is 32.1. The van der Waals surface area contributed by atoms with Crippen LogP contribution in [0.25, 0.3) is 0 Å². The van der Waals surface area contributed by atoms with Crippen molar-refractivity contribution in [1.29, 1.82) is 0 Å². The molecule has 6 heteroatoms. The molecule has 1 amide bonds. The summed E-state index contributed by atoms with van der Waals surface area (Å²) in [4.78, 5) is 23.4. The Morgan fingerprint density at radius 1 is 1.46 bits per heavy atom. The largest absolute Gasteiger partial charge is 0.302 e. The van der Waals surface area contributed by atoms with Crippen LogP contribution < -0.4 is 5.32 Å². The fraction of sp³-hybridized carbons (Fsp3) is 0.500. The van der Waals surface area contributed by atoms with Gasteiger partial charge in [-0.25, -0.2) is 4.98 Å². The van der Waals surface area contributed by atoms with Crippen molar-refractivity contribution in [1.82, 2.24) is 14.9 Å². The van der Waals surface area contributed by atoms with E-state index in [-0.39, 0.29) is 5.91 Å². The van der Waals surface area contributed by atoms with Gasteiger partial charge in [-0.3, -0.25) is 14.7 Å². The lowest BCUT2D eigenvalue weighted by molar-refractivity contribution is -0.114. The number of anilines is 1. The maximum atomic E-state index is 11.1. The van der Waals surface area contributed by atoms with Gasteiger partial charge in [-0.2, -0.15) is 0 Å². The van der Waals surface area contributed by atoms with Crippen LogP contribution in [0.1, 0.15) is 35.9 Å². The summed E-state index contributed by atoms with van der Waals surface area (Å²) in [5.41, 5.74) is 2.48. The van der Waals surface area contributed by atoms with E-state index in [1.807, 2.05) is 19.3 Å². The summed E-state index contributed by atoms with van der Waals surface area (Å²) in [7, 11) is 0. The molecular weight excluding hydrogens is 320 g/mol. The van der Waals surface area contributed by atoms with Crippen molar-refractivity contribution < 1.29 is 4.79 Å². The number of carbonyl (C=O) groups is 1. The Bertz CT molecular complexity index is 700. The van der Waals surface area contributed by atoms with Gasteiger partial charge in [0.05, 0.1) is 0 Å². The van der Waals surface area contributed by atoms with E-state index in [1.165, 1.54) is 30.2 Å². The molecule has 0 bridgehead atoms. The van der Waals surface area contributed by atoms with E-state index in [9.17, 15) is 4.79 Å². The van der Waals surface area contributed by atoms with Crippen molar-refractivity contribution in [2.75, 3.05) is 18.4 Å². The van der Waals surface area contributed by atoms with Gasteiger partial charge in [0, 0.05) is 43.0 Å². The van der Waals surface area contributed by atoms with Crippen LogP contribution in [0.5, 0.6) is 0 Å². The Morgan fingerprint density at radius 3 is 3.12 bits per heavy atom. The lowest BCUT2D eigenvalue weighted by Gasteiger charge is -2.32. The second-order valence-corrected chi connectivity index (χ2v) is 7.68. The van der Waals surface area contributed by atoms with Crippen LogP contribution in [0, 0.1) is 12.8 Å². The molecule has 1 aliphatic heterocycles. The highest BCUT2D eigenvalue weighted by molar-refractivity contribution is 7.15. The van der Waals surface area contributed by atoms with Gasteiger partial charge in [0.15, 0.2) is 5.13 Å². The number of pyridine rings is 1. The standard InChI is InChI=1S/C18H24N4OS/c1-13-8-15(5-6-19-13)9-16-4-3-7-22(11-16)12-17-10-20-18(24-17)21-14(2)23/h5-6,8,10,16H,3-4,7,9,11-12H2,1-2H3,(H,20,21,23). The van der Waals surface area contributed by atoms with Crippen molar-refractivity contribution in [3.05, 3.63) is 40.7 Å². The maximum Gasteiger partial charge on any atom is 0.223 e. The molecule has 128 valence electrons. The number of aromatic nitrogens is 2. The third-order valence-electron chi connectivity index (χ3n) is 4.30. The van der Waals surface area contributed by atoms with E-state index in [0.717, 1.165) is 31.7 Å². The molecule has 1 saturated heterocycles. The number of aryl methyl sites for hydroxylation is 1. The summed E-state index contributed by atoms with van der Waals surface area (Å²) in [5, 5.41) is 3.45. The molecule has 0 saturated carbocycles. The smallest absolute Gasteiger partial charge is 0.223 e. The first-order chi connectivity index (χ1) is 11.6. The van der Waals surface area contributed by atoms with Gasteiger partial charge < -0.3 is 5.32 Å². The molecule has 0 radical (unpaired) electrons. The topological polar surface area (TPSA) is 58.1 Å². The number of nitrogens with one attached hydrogen (secondary N) is 1. The Morgan fingerprint density at radius 2 is 2.33 bits per heavy atom. The van der Waals surface area contributed by atoms with E-state index in [1.54, 1.807) is 11.3 Å². The molecule has 1 atom stereocenters. The molecule has 0 aromatic carbocycles. The molecule has 1 aliphatic rings. The van der Waals surface area contributed by atoms with Crippen LogP contribution in [0.2, 0.25) is 0 Å². The van der Waals surface area contributed by atoms with Crippen LogP contribution in [-0.2, 0) is 17.8 Å². The Hall–Kier alpha value is -1.79. The molecule has 0 aliphatic carbocycles. The number of thiazole rings is 1. The zero-order chi connectivity index (χ0) is 16.9. The first-order valence-corrected chi connectivity index (χ1v) is 9.26. The highest BCUT2D eigenvalue weighted by Crippen LogP contribution is 2.25. The second kappa shape index (κ2) is 7.85. The quantitative estimate of drug-likeness (QED) is 0.904. The number of amides is 1. The van der Waals surface area contributed by atoms with Crippen LogP contribution in [0.3, 0.4) is 0 Å². The zero-order valence-electron chi connectivity index (χ0n) is 14.3. The normalized spacial score (nSPS) is 18.5. The van der Waals surface area contributed by atoms with Crippen molar-refractivity contribution in [3.8, 4) is 0 Å². The molecule has 1 unspecified atom stereocenters. The molecule has 24 heavy (non-hydrogen) atoms. The fourth-order valence-corrected chi connectivity index (χ4v) is 4.24. The second-order valence-electron chi connectivity index (χ2n) is 6.57. The Kier molecular flexibility index (Phi) is 5.58. The number of nitrogens with zero attached hydrogens (tertiary/aromatic N) is 3. The fourth-order valence-electron chi connectivity index (χ4n) is 3.34. The molecule has 1 N–H and O–H groups in total. The van der Waals surface area contributed by atoms with Gasteiger partial charge in [0.2, 0.25) is 5.91 Å². The van der Waals surface area contributed by atoms with Gasteiger partial charge in [-0.05, 0) is 56.3 Å². The van der Waals surface area contributed by atoms with E-state index in [4.69, 9.17) is 0 Å². The summed E-state index contributed by atoms with van der Waals surface area (Å²) in [5.74, 6) is 0.630. The van der Waals surface area contributed by atoms with Gasteiger partial charge in [0.1, 0.15) is 0 Å². The van der Waals surface area contributed by atoms with Gasteiger partial charge >= 0.3 is 0 Å². The minimum atomic E-state index is -0.0680. The molecule has 3 rings (SSSR count). The van der Waals surface area contributed by atoms with Crippen LogP contribution in [0.15, 0.2) is 24.5 Å². The first-order valence-electron chi connectivity index (χ1n) is 8.44. The molecule has 1 fully saturated rings. The molecular formula is C18H24N4OS. The summed E-state index contributed by atoms with van der Waals surface area (Å²) in [6.07, 6.45) is 7.45. The van der Waals surface area contributed by atoms with E-state index >= 15 is 0 Å². The first kappa shape index (κ1) is 17.0. The lowest BCUT2D eigenvalue weighted by Crippen LogP contribution is -2.35. The average molecular weight is 344 g/mol. The number of rotatable bonds is 5. The van der Waals surface area contributed by atoms with Crippen molar-refractivity contribution in [2.24, 2.45) is 5.92 Å². The van der Waals surface area contributed by atoms with E-state index in [0.29, 0.717) is 11.0 Å². The summed E-state index contributed by atoms with van der Waals surface area (Å²) in [6, 6.07) is 4.33. The Balaban J connectivity index is 1.55. The van der Waals surface area contributed by atoms with Gasteiger partial charge in [-0.15, -0.1) is 11.3 Å². The Labute approximate surface area is 147 Å². The number of hydrogen-bond donors (Lipinski definition) is 1. The minimum Gasteiger partial charge on any atom is -0.302 e. The third kappa shape index (κ3) is 4.85. The van der Waals surface area contributed by atoms with E-state index in [2.05, 4.69) is 32.3 Å². The summed E-state index contributed by atoms with van der Waals surface area (Å²) < 4.78 is 0. The number of carbonyl (C=O) groups excluding carboxylic acids is 1. The molecule has 3 heterocycles. The van der Waals surface area contributed by atoms with Crippen molar-refractivity contribution >= 4 is 22.4 Å². The maximum absolute atomic E-state index is 11.1. The number of hydrogen-bond acceptors (Lipinski definition) is 5. The van der Waals surface area contributed by atoms with Crippen LogP contribution in [-0.4, -0.2) is 33.9 Å². The molecule has 0 spiro atoms. The summed E-state index contributed by atoms with van der Waals surface area (Å²) >= 11 is 1.57. The third-order valence-corrected chi connectivity index (χ3v) is 5.20. The zero-order valence-corrected chi connectivity index (χ0v) is 15.1. The predicted octanol–water partition coefficient (Wildman–Crippen LogP) is 3.26. The lowest BCUT2D eigenvalue weighted by atomic mass is 9.91. The summed E-state index contributed by atoms with van der Waals surface area (Å²) in [6.45, 7) is 6.74. The molecule has 2 aromatic rings. The van der Waals surface area contributed by atoms with Crippen molar-refractivity contribution in [2.45, 2.75) is 39.7 Å². The van der Waals surface area contributed by atoms with Crippen LogP contribution >= 0.6 is 11.3 Å². The molecule has 2 aromatic heterocycles. The minimum absolute atomic E-state index is 0.0680. The predicted molar refractivity (Wildman–Crippen MR) is 97.1 cm³/mol. The molecule has 5 nitrogen and oxygen atoms in total.